The SMILES string of the molecule is CN(C)CC1CCCN1C(=O)c1cc(N)ccc1F. The van der Waals surface area contributed by atoms with Crippen molar-refractivity contribution in [3.8, 4) is 0 Å². The number of rotatable bonds is 3. The standard InChI is InChI=1S/C14H20FN3O/c1-17(2)9-11-4-3-7-18(11)14(19)12-8-10(16)5-6-13(12)15/h5-6,8,11H,3-4,7,9,16H2,1-2H3. The Kier molecular flexibility index (Phi) is 4.04. The number of hydrogen-bond donors (Lipinski definition) is 1. The molecule has 1 saturated heterocycles. The number of nitrogens with zero attached hydrogens (tertiary/aromatic N) is 2. The maximum Gasteiger partial charge on any atom is 0.257 e. The predicted molar refractivity (Wildman–Crippen MR) is 73.4 cm³/mol. The first-order chi connectivity index (χ1) is 8.99. The van der Waals surface area contributed by atoms with Crippen LogP contribution in [0.1, 0.15) is 23.2 Å². The maximum absolute atomic E-state index is 13.7. The smallest absolute Gasteiger partial charge is 0.257 e. The van der Waals surface area contributed by atoms with Crippen LogP contribution < -0.4 is 5.73 Å². The van der Waals surface area contributed by atoms with Gasteiger partial charge in [0.15, 0.2) is 0 Å². The monoisotopic (exact) mass is 265 g/mol. The molecule has 1 fully saturated rings. The predicted octanol–water partition coefficient (Wildman–Crippen LogP) is 1.57. The Morgan fingerprint density at radius 3 is 2.95 bits per heavy atom. The highest BCUT2D eigenvalue weighted by atomic mass is 19.1. The maximum atomic E-state index is 13.7. The van der Waals surface area contributed by atoms with Crippen LogP contribution in [0.15, 0.2) is 18.2 Å². The zero-order chi connectivity index (χ0) is 14.0. The topological polar surface area (TPSA) is 49.6 Å². The molecule has 1 aliphatic heterocycles. The Hall–Kier alpha value is -1.62. The molecule has 0 aromatic heterocycles. The number of nitrogen functional groups attached to an aromatic ring is 1. The number of amides is 1. The summed E-state index contributed by atoms with van der Waals surface area (Å²) >= 11 is 0. The second kappa shape index (κ2) is 5.57. The molecular weight excluding hydrogens is 245 g/mol. The van der Waals surface area contributed by atoms with Gasteiger partial charge in [-0.1, -0.05) is 0 Å². The van der Waals surface area contributed by atoms with Crippen molar-refractivity contribution in [2.45, 2.75) is 18.9 Å². The lowest BCUT2D eigenvalue weighted by atomic mass is 10.1. The van der Waals surface area contributed by atoms with Gasteiger partial charge >= 0.3 is 0 Å². The van der Waals surface area contributed by atoms with Crippen LogP contribution in [-0.2, 0) is 0 Å². The lowest BCUT2D eigenvalue weighted by molar-refractivity contribution is 0.0712. The molecule has 4 nitrogen and oxygen atoms in total. The number of carbonyl (C=O) groups is 1. The number of carbonyl (C=O) groups excluding carboxylic acids is 1. The van der Waals surface area contributed by atoms with Gasteiger partial charge in [-0.15, -0.1) is 0 Å². The number of likely N-dealkylation sites (tertiary alicyclic amines) is 1. The van der Waals surface area contributed by atoms with Crippen LogP contribution >= 0.6 is 0 Å². The number of hydrogen-bond acceptors (Lipinski definition) is 3. The Bertz CT molecular complexity index is 476. The van der Waals surface area contributed by atoms with E-state index in [1.54, 1.807) is 4.90 Å². The number of benzene rings is 1. The van der Waals surface area contributed by atoms with Gasteiger partial charge in [-0.3, -0.25) is 4.79 Å². The van der Waals surface area contributed by atoms with E-state index in [0.29, 0.717) is 12.2 Å². The average molecular weight is 265 g/mol. The third-order valence-electron chi connectivity index (χ3n) is 3.43. The van der Waals surface area contributed by atoms with E-state index >= 15 is 0 Å². The first-order valence-electron chi connectivity index (χ1n) is 6.50. The molecule has 1 aliphatic rings. The largest absolute Gasteiger partial charge is 0.399 e. The molecule has 0 spiro atoms. The summed E-state index contributed by atoms with van der Waals surface area (Å²) in [6.45, 7) is 1.49. The fraction of sp³-hybridized carbons (Fsp3) is 0.500. The molecule has 1 aromatic carbocycles. The van der Waals surface area contributed by atoms with Crippen LogP contribution in [-0.4, -0.2) is 48.9 Å². The van der Waals surface area contributed by atoms with Crippen molar-refractivity contribution in [2.75, 3.05) is 32.9 Å². The Balaban J connectivity index is 2.20. The fourth-order valence-electron chi connectivity index (χ4n) is 2.58. The van der Waals surface area contributed by atoms with Crippen LogP contribution in [0.25, 0.3) is 0 Å². The molecule has 1 heterocycles. The van der Waals surface area contributed by atoms with Gasteiger partial charge in [0, 0.05) is 24.8 Å². The van der Waals surface area contributed by atoms with Gasteiger partial charge in [-0.2, -0.15) is 0 Å². The first-order valence-corrected chi connectivity index (χ1v) is 6.50. The number of nitrogens with two attached hydrogens (primary N) is 1. The molecule has 0 aliphatic carbocycles. The fourth-order valence-corrected chi connectivity index (χ4v) is 2.58. The Labute approximate surface area is 113 Å². The molecule has 2 rings (SSSR count). The molecule has 2 N–H and O–H groups in total. The van der Waals surface area contributed by atoms with E-state index in [1.807, 2.05) is 19.0 Å². The van der Waals surface area contributed by atoms with Crippen LogP contribution in [0.2, 0.25) is 0 Å². The summed E-state index contributed by atoms with van der Waals surface area (Å²) in [7, 11) is 3.95. The quantitative estimate of drug-likeness (QED) is 0.844. The summed E-state index contributed by atoms with van der Waals surface area (Å²) in [5, 5.41) is 0. The Morgan fingerprint density at radius 2 is 2.26 bits per heavy atom. The summed E-state index contributed by atoms with van der Waals surface area (Å²) < 4.78 is 13.7. The molecule has 0 bridgehead atoms. The third kappa shape index (κ3) is 3.04. The van der Waals surface area contributed by atoms with Crippen LogP contribution in [0.5, 0.6) is 0 Å². The second-order valence-corrected chi connectivity index (χ2v) is 5.30. The number of halogens is 1. The molecule has 19 heavy (non-hydrogen) atoms. The van der Waals surface area contributed by atoms with Crippen LogP contribution in [0.3, 0.4) is 0 Å². The molecule has 104 valence electrons. The summed E-state index contributed by atoms with van der Waals surface area (Å²) in [5.41, 5.74) is 6.12. The van der Waals surface area contributed by atoms with E-state index in [-0.39, 0.29) is 17.5 Å². The zero-order valence-electron chi connectivity index (χ0n) is 11.4. The molecule has 5 heteroatoms. The highest BCUT2D eigenvalue weighted by Gasteiger charge is 2.30. The van der Waals surface area contributed by atoms with Crippen LogP contribution in [0, 0.1) is 5.82 Å². The lowest BCUT2D eigenvalue weighted by Gasteiger charge is -2.27. The minimum Gasteiger partial charge on any atom is -0.399 e. The van der Waals surface area contributed by atoms with Gasteiger partial charge in [0.2, 0.25) is 0 Å². The summed E-state index contributed by atoms with van der Waals surface area (Å²) in [6.07, 6.45) is 1.93. The van der Waals surface area contributed by atoms with E-state index in [9.17, 15) is 9.18 Å². The molecule has 0 saturated carbocycles. The van der Waals surface area contributed by atoms with Crippen molar-refractivity contribution in [2.24, 2.45) is 0 Å². The minimum absolute atomic E-state index is 0.0747. The summed E-state index contributed by atoms with van der Waals surface area (Å²) in [5.74, 6) is -0.760. The van der Waals surface area contributed by atoms with Crippen molar-refractivity contribution in [3.63, 3.8) is 0 Å². The van der Waals surface area contributed by atoms with E-state index in [1.165, 1.54) is 18.2 Å². The lowest BCUT2D eigenvalue weighted by Crippen LogP contribution is -2.41. The van der Waals surface area contributed by atoms with Gasteiger partial charge in [-0.05, 0) is 45.1 Å². The van der Waals surface area contributed by atoms with Gasteiger partial charge in [0.05, 0.1) is 5.56 Å². The minimum atomic E-state index is -0.505. The third-order valence-corrected chi connectivity index (χ3v) is 3.43. The number of likely N-dealkylation sites (N-methyl/N-ethyl adjacent to an activating group) is 1. The molecular formula is C14H20FN3O. The summed E-state index contributed by atoms with van der Waals surface area (Å²) in [4.78, 5) is 16.2. The normalized spacial score (nSPS) is 19.2. The number of anilines is 1. The van der Waals surface area contributed by atoms with Gasteiger partial charge < -0.3 is 15.5 Å². The van der Waals surface area contributed by atoms with Gasteiger partial charge in [-0.25, -0.2) is 4.39 Å². The zero-order valence-corrected chi connectivity index (χ0v) is 11.4. The van der Waals surface area contributed by atoms with Crippen molar-refractivity contribution >= 4 is 11.6 Å². The molecule has 1 amide bonds. The van der Waals surface area contributed by atoms with Crippen molar-refractivity contribution in [1.29, 1.82) is 0 Å². The van der Waals surface area contributed by atoms with Gasteiger partial charge in [0.25, 0.3) is 5.91 Å². The van der Waals surface area contributed by atoms with E-state index in [4.69, 9.17) is 5.73 Å². The van der Waals surface area contributed by atoms with Gasteiger partial charge in [0.1, 0.15) is 5.82 Å². The average Bonchev–Trinajstić information content (AvgIpc) is 2.78. The van der Waals surface area contributed by atoms with E-state index in [0.717, 1.165) is 19.4 Å². The Morgan fingerprint density at radius 1 is 1.53 bits per heavy atom. The van der Waals surface area contributed by atoms with Crippen LogP contribution in [0.4, 0.5) is 10.1 Å². The van der Waals surface area contributed by atoms with E-state index in [2.05, 4.69) is 0 Å². The molecule has 0 radical (unpaired) electrons. The molecule has 1 unspecified atom stereocenters. The molecule has 1 aromatic rings. The highest BCUT2D eigenvalue weighted by molar-refractivity contribution is 5.95. The second-order valence-electron chi connectivity index (χ2n) is 5.30. The highest BCUT2D eigenvalue weighted by Crippen LogP contribution is 2.22. The summed E-state index contributed by atoms with van der Waals surface area (Å²) in [6, 6.07) is 4.29. The first kappa shape index (κ1) is 13.8. The van der Waals surface area contributed by atoms with Crippen molar-refractivity contribution in [1.82, 2.24) is 9.80 Å². The van der Waals surface area contributed by atoms with Crippen molar-refractivity contribution in [3.05, 3.63) is 29.6 Å². The van der Waals surface area contributed by atoms with Crippen molar-refractivity contribution < 1.29 is 9.18 Å². The molecule has 1 atom stereocenters. The van der Waals surface area contributed by atoms with E-state index < -0.39 is 5.82 Å².